The van der Waals surface area contributed by atoms with Crippen LogP contribution in [0.3, 0.4) is 0 Å². The summed E-state index contributed by atoms with van der Waals surface area (Å²) in [5, 5.41) is 3.39. The Hall–Kier alpha value is -0.670. The molecule has 0 aliphatic rings. The lowest BCUT2D eigenvalue weighted by atomic mass is 9.84. The van der Waals surface area contributed by atoms with Crippen LogP contribution in [0.5, 0.6) is 5.75 Å². The van der Waals surface area contributed by atoms with Crippen molar-refractivity contribution in [3.05, 3.63) is 29.8 Å². The number of nitrogens with one attached hydrogen (secondary N) is 1. The molecule has 1 rings (SSSR count). The van der Waals surface area contributed by atoms with Crippen LogP contribution in [0.2, 0.25) is 0 Å². The van der Waals surface area contributed by atoms with E-state index < -0.39 is 0 Å². The second kappa shape index (κ2) is 6.16. The van der Waals surface area contributed by atoms with E-state index in [2.05, 4.69) is 43.9 Å². The van der Waals surface area contributed by atoms with Gasteiger partial charge in [0.15, 0.2) is 0 Å². The molecule has 0 unspecified atom stereocenters. The highest BCUT2D eigenvalue weighted by atomic mass is 32.1. The first-order chi connectivity index (χ1) is 7.61. The van der Waals surface area contributed by atoms with Gasteiger partial charge in [0.2, 0.25) is 0 Å². The molecule has 0 saturated heterocycles. The predicted octanol–water partition coefficient (Wildman–Crippen LogP) is 2.49. The van der Waals surface area contributed by atoms with Crippen LogP contribution in [0.25, 0.3) is 0 Å². The molecule has 1 aromatic rings. The molecule has 0 aliphatic heterocycles. The van der Waals surface area contributed by atoms with E-state index in [0.29, 0.717) is 0 Å². The van der Waals surface area contributed by atoms with E-state index in [1.54, 1.807) is 7.11 Å². The van der Waals surface area contributed by atoms with Gasteiger partial charge >= 0.3 is 0 Å². The first kappa shape index (κ1) is 13.4. The molecular weight excluding hydrogens is 218 g/mol. The summed E-state index contributed by atoms with van der Waals surface area (Å²) in [7, 11) is 1.72. The zero-order valence-corrected chi connectivity index (χ0v) is 11.2. The molecule has 1 aromatic carbocycles. The molecule has 0 aromatic heterocycles. The van der Waals surface area contributed by atoms with Crippen molar-refractivity contribution in [2.24, 2.45) is 0 Å². The number of thiol groups is 1. The van der Waals surface area contributed by atoms with Crippen LogP contribution in [0.4, 0.5) is 0 Å². The van der Waals surface area contributed by atoms with Gasteiger partial charge < -0.3 is 10.1 Å². The molecule has 3 heteroatoms. The van der Waals surface area contributed by atoms with Crippen molar-refractivity contribution >= 4 is 12.6 Å². The fraction of sp³-hybridized carbons (Fsp3) is 0.538. The third-order valence-electron chi connectivity index (χ3n) is 2.69. The van der Waals surface area contributed by atoms with E-state index in [1.165, 1.54) is 5.56 Å². The highest BCUT2D eigenvalue weighted by Gasteiger charge is 2.23. The number of rotatable bonds is 6. The van der Waals surface area contributed by atoms with Crippen molar-refractivity contribution in [3.8, 4) is 5.75 Å². The van der Waals surface area contributed by atoms with Gasteiger partial charge in [-0.2, -0.15) is 12.6 Å². The third kappa shape index (κ3) is 3.42. The maximum Gasteiger partial charge on any atom is 0.122 e. The Kier molecular flexibility index (Phi) is 5.16. The van der Waals surface area contributed by atoms with Crippen LogP contribution in [-0.2, 0) is 5.41 Å². The second-order valence-corrected chi connectivity index (χ2v) is 4.93. The number of methoxy groups -OCH3 is 1. The largest absolute Gasteiger partial charge is 0.496 e. The molecule has 1 N–H and O–H groups in total. The average molecular weight is 239 g/mol. The Morgan fingerprint density at radius 3 is 2.62 bits per heavy atom. The Morgan fingerprint density at radius 2 is 2.00 bits per heavy atom. The lowest BCUT2D eigenvalue weighted by molar-refractivity contribution is 0.387. The normalized spacial score (nSPS) is 11.5. The first-order valence-electron chi connectivity index (χ1n) is 5.57. The fourth-order valence-electron chi connectivity index (χ4n) is 1.78. The Morgan fingerprint density at radius 1 is 1.31 bits per heavy atom. The molecule has 16 heavy (non-hydrogen) atoms. The van der Waals surface area contributed by atoms with Crippen molar-refractivity contribution in [2.75, 3.05) is 26.0 Å². The van der Waals surface area contributed by atoms with E-state index in [-0.39, 0.29) is 5.41 Å². The van der Waals surface area contributed by atoms with Crippen LogP contribution in [0.1, 0.15) is 19.4 Å². The van der Waals surface area contributed by atoms with E-state index in [1.807, 2.05) is 12.1 Å². The molecule has 2 nitrogen and oxygen atoms in total. The molecule has 0 spiro atoms. The summed E-state index contributed by atoms with van der Waals surface area (Å²) in [6.45, 7) is 6.29. The van der Waals surface area contributed by atoms with Crippen LogP contribution < -0.4 is 10.1 Å². The summed E-state index contributed by atoms with van der Waals surface area (Å²) in [5.74, 6) is 1.82. The van der Waals surface area contributed by atoms with Gasteiger partial charge in [0.25, 0.3) is 0 Å². The van der Waals surface area contributed by atoms with Gasteiger partial charge in [0.1, 0.15) is 5.75 Å². The molecule has 0 radical (unpaired) electrons. The highest BCUT2D eigenvalue weighted by Crippen LogP contribution is 2.30. The van der Waals surface area contributed by atoms with E-state index >= 15 is 0 Å². The van der Waals surface area contributed by atoms with E-state index in [9.17, 15) is 0 Å². The lowest BCUT2D eigenvalue weighted by Gasteiger charge is -2.27. The standard InChI is InChI=1S/C13H21NOS/c1-13(2,10-14-8-9-16)11-6-4-5-7-12(11)15-3/h4-7,14,16H,8-10H2,1-3H3. The zero-order chi connectivity index (χ0) is 12.0. The minimum atomic E-state index is 0.0650. The zero-order valence-electron chi connectivity index (χ0n) is 10.3. The van der Waals surface area contributed by atoms with Crippen LogP contribution >= 0.6 is 12.6 Å². The van der Waals surface area contributed by atoms with E-state index in [0.717, 1.165) is 24.6 Å². The molecule has 90 valence electrons. The van der Waals surface area contributed by atoms with E-state index in [4.69, 9.17) is 4.74 Å². The SMILES string of the molecule is COc1ccccc1C(C)(C)CNCCS. The van der Waals surface area contributed by atoms with Crippen molar-refractivity contribution < 1.29 is 4.74 Å². The molecule has 0 atom stereocenters. The summed E-state index contributed by atoms with van der Waals surface area (Å²) in [4.78, 5) is 0. The molecule has 0 amide bonds. The lowest BCUT2D eigenvalue weighted by Crippen LogP contribution is -2.34. The molecule has 0 fully saturated rings. The number of benzene rings is 1. The van der Waals surface area contributed by atoms with Crippen LogP contribution in [0, 0.1) is 0 Å². The van der Waals surface area contributed by atoms with Gasteiger partial charge in [0, 0.05) is 29.8 Å². The van der Waals surface area contributed by atoms with Crippen LogP contribution in [-0.4, -0.2) is 26.0 Å². The summed E-state index contributed by atoms with van der Waals surface area (Å²) in [6, 6.07) is 8.19. The number of hydrogen-bond donors (Lipinski definition) is 2. The van der Waals surface area contributed by atoms with Gasteiger partial charge in [-0.1, -0.05) is 32.0 Å². The summed E-state index contributed by atoms with van der Waals surface area (Å²) in [5.41, 5.74) is 1.30. The monoisotopic (exact) mass is 239 g/mol. The molecule has 0 heterocycles. The Labute approximate surface area is 104 Å². The fourth-order valence-corrected chi connectivity index (χ4v) is 1.94. The summed E-state index contributed by atoms with van der Waals surface area (Å²) >= 11 is 4.19. The van der Waals surface area contributed by atoms with Crippen molar-refractivity contribution in [1.29, 1.82) is 0 Å². The number of hydrogen-bond acceptors (Lipinski definition) is 3. The topological polar surface area (TPSA) is 21.3 Å². The van der Waals surface area contributed by atoms with Crippen LogP contribution in [0.15, 0.2) is 24.3 Å². The number of para-hydroxylation sites is 1. The van der Waals surface area contributed by atoms with Crippen molar-refractivity contribution in [1.82, 2.24) is 5.32 Å². The number of ether oxygens (including phenoxy) is 1. The van der Waals surface area contributed by atoms with Gasteiger partial charge in [-0.3, -0.25) is 0 Å². The quantitative estimate of drug-likeness (QED) is 0.588. The molecule has 0 aliphatic carbocycles. The maximum atomic E-state index is 5.40. The van der Waals surface area contributed by atoms with Gasteiger partial charge in [0.05, 0.1) is 7.11 Å². The molecule has 0 saturated carbocycles. The van der Waals surface area contributed by atoms with Crippen molar-refractivity contribution in [2.45, 2.75) is 19.3 Å². The summed E-state index contributed by atoms with van der Waals surface area (Å²) < 4.78 is 5.40. The Balaban J connectivity index is 2.79. The first-order valence-corrected chi connectivity index (χ1v) is 6.20. The highest BCUT2D eigenvalue weighted by molar-refractivity contribution is 7.80. The molecular formula is C13H21NOS. The Bertz CT molecular complexity index is 325. The minimum absolute atomic E-state index is 0.0650. The second-order valence-electron chi connectivity index (χ2n) is 4.48. The third-order valence-corrected chi connectivity index (χ3v) is 2.92. The molecule has 0 bridgehead atoms. The van der Waals surface area contributed by atoms with Gasteiger partial charge in [-0.15, -0.1) is 0 Å². The predicted molar refractivity (Wildman–Crippen MR) is 72.7 cm³/mol. The minimum Gasteiger partial charge on any atom is -0.496 e. The van der Waals surface area contributed by atoms with Gasteiger partial charge in [-0.25, -0.2) is 0 Å². The summed E-state index contributed by atoms with van der Waals surface area (Å²) in [6.07, 6.45) is 0. The van der Waals surface area contributed by atoms with Gasteiger partial charge in [-0.05, 0) is 6.07 Å². The average Bonchev–Trinajstić information content (AvgIpc) is 2.29. The smallest absolute Gasteiger partial charge is 0.122 e. The maximum absolute atomic E-state index is 5.40. The van der Waals surface area contributed by atoms with Crippen molar-refractivity contribution in [3.63, 3.8) is 0 Å².